The standard InChI is InChI=1S/C12H15Cl2NO/c1-12(2)6-11(7-15-12)16-10-4-8(13)3-9(14)5-10/h3-5,11,15H,6-7H2,1-2H3. The van der Waals surface area contributed by atoms with Gasteiger partial charge in [-0.15, -0.1) is 0 Å². The fourth-order valence-corrected chi connectivity index (χ4v) is 2.48. The molecule has 1 aromatic rings. The molecule has 1 aliphatic heterocycles. The second-order valence-corrected chi connectivity index (χ2v) is 5.69. The van der Waals surface area contributed by atoms with Gasteiger partial charge in [0.25, 0.3) is 0 Å². The lowest BCUT2D eigenvalue weighted by Gasteiger charge is -2.17. The van der Waals surface area contributed by atoms with Crippen molar-refractivity contribution in [3.05, 3.63) is 28.2 Å². The molecule has 0 amide bonds. The normalized spacial score (nSPS) is 23.4. The van der Waals surface area contributed by atoms with Gasteiger partial charge in [-0.1, -0.05) is 23.2 Å². The van der Waals surface area contributed by atoms with Crippen LogP contribution in [0.3, 0.4) is 0 Å². The molecule has 0 bridgehead atoms. The van der Waals surface area contributed by atoms with E-state index in [2.05, 4.69) is 19.2 Å². The molecule has 88 valence electrons. The SMILES string of the molecule is CC1(C)CC(Oc2cc(Cl)cc(Cl)c2)CN1. The third-order valence-electron chi connectivity index (χ3n) is 2.69. The van der Waals surface area contributed by atoms with Gasteiger partial charge in [-0.25, -0.2) is 0 Å². The molecule has 1 heterocycles. The smallest absolute Gasteiger partial charge is 0.122 e. The number of hydrogen-bond donors (Lipinski definition) is 1. The highest BCUT2D eigenvalue weighted by Gasteiger charge is 2.31. The third-order valence-corrected chi connectivity index (χ3v) is 3.12. The van der Waals surface area contributed by atoms with Crippen molar-refractivity contribution in [3.8, 4) is 5.75 Å². The molecule has 0 radical (unpaired) electrons. The average Bonchev–Trinajstić information content (AvgIpc) is 2.43. The molecule has 0 saturated carbocycles. The van der Waals surface area contributed by atoms with Gasteiger partial charge in [0.15, 0.2) is 0 Å². The summed E-state index contributed by atoms with van der Waals surface area (Å²) in [5.74, 6) is 0.738. The van der Waals surface area contributed by atoms with E-state index in [0.717, 1.165) is 18.7 Å². The Balaban J connectivity index is 2.05. The summed E-state index contributed by atoms with van der Waals surface area (Å²) in [5.41, 5.74) is 0.146. The number of rotatable bonds is 2. The molecule has 0 aliphatic carbocycles. The maximum Gasteiger partial charge on any atom is 0.122 e. The summed E-state index contributed by atoms with van der Waals surface area (Å²) in [7, 11) is 0. The molecule has 16 heavy (non-hydrogen) atoms. The quantitative estimate of drug-likeness (QED) is 0.878. The highest BCUT2D eigenvalue weighted by atomic mass is 35.5. The Morgan fingerprint density at radius 2 is 1.88 bits per heavy atom. The fraction of sp³-hybridized carbons (Fsp3) is 0.500. The summed E-state index contributed by atoms with van der Waals surface area (Å²) in [4.78, 5) is 0. The van der Waals surface area contributed by atoms with Crippen molar-refractivity contribution in [2.45, 2.75) is 31.9 Å². The van der Waals surface area contributed by atoms with Gasteiger partial charge in [0.2, 0.25) is 0 Å². The van der Waals surface area contributed by atoms with E-state index in [0.29, 0.717) is 10.0 Å². The molecule has 1 saturated heterocycles. The van der Waals surface area contributed by atoms with Gasteiger partial charge in [-0.05, 0) is 32.0 Å². The lowest BCUT2D eigenvalue weighted by Crippen LogP contribution is -2.31. The number of halogens is 2. The Kier molecular flexibility index (Phi) is 3.34. The summed E-state index contributed by atoms with van der Waals surface area (Å²) in [6, 6.07) is 5.28. The van der Waals surface area contributed by atoms with Crippen LogP contribution in [-0.2, 0) is 0 Å². The molecule has 1 aromatic carbocycles. The molecule has 1 atom stereocenters. The van der Waals surface area contributed by atoms with Crippen LogP contribution in [-0.4, -0.2) is 18.2 Å². The van der Waals surface area contributed by atoms with Crippen LogP contribution in [0.15, 0.2) is 18.2 Å². The Morgan fingerprint density at radius 3 is 2.38 bits per heavy atom. The molecule has 2 nitrogen and oxygen atoms in total. The molecule has 1 unspecified atom stereocenters. The zero-order valence-electron chi connectivity index (χ0n) is 9.39. The van der Waals surface area contributed by atoms with E-state index in [1.54, 1.807) is 18.2 Å². The Bertz CT molecular complexity index is 372. The van der Waals surface area contributed by atoms with Crippen molar-refractivity contribution in [1.82, 2.24) is 5.32 Å². The summed E-state index contributed by atoms with van der Waals surface area (Å²) in [6.07, 6.45) is 1.17. The minimum atomic E-state index is 0.146. The second kappa shape index (κ2) is 4.44. The van der Waals surface area contributed by atoms with Gasteiger partial charge in [0, 0.05) is 28.5 Å². The number of hydrogen-bond acceptors (Lipinski definition) is 2. The molecular weight excluding hydrogens is 245 g/mol. The molecular formula is C12H15Cl2NO. The van der Waals surface area contributed by atoms with Crippen LogP contribution >= 0.6 is 23.2 Å². The lowest BCUT2D eigenvalue weighted by molar-refractivity contribution is 0.214. The Labute approximate surface area is 106 Å². The maximum atomic E-state index is 5.91. The highest BCUT2D eigenvalue weighted by molar-refractivity contribution is 6.34. The lowest BCUT2D eigenvalue weighted by atomic mass is 10.0. The third kappa shape index (κ3) is 3.03. The summed E-state index contributed by atoms with van der Waals surface area (Å²) < 4.78 is 5.84. The van der Waals surface area contributed by atoms with Crippen molar-refractivity contribution < 1.29 is 4.74 Å². The Hall–Kier alpha value is -0.440. The van der Waals surface area contributed by atoms with E-state index in [-0.39, 0.29) is 11.6 Å². The largest absolute Gasteiger partial charge is 0.489 e. The number of benzene rings is 1. The van der Waals surface area contributed by atoms with Gasteiger partial charge >= 0.3 is 0 Å². The summed E-state index contributed by atoms with van der Waals surface area (Å²) in [6.45, 7) is 5.19. The topological polar surface area (TPSA) is 21.3 Å². The number of ether oxygens (including phenoxy) is 1. The van der Waals surface area contributed by atoms with Gasteiger partial charge < -0.3 is 10.1 Å². The molecule has 4 heteroatoms. The molecule has 1 N–H and O–H groups in total. The average molecular weight is 260 g/mol. The van der Waals surface area contributed by atoms with Gasteiger partial charge in [0.05, 0.1) is 0 Å². The van der Waals surface area contributed by atoms with Crippen LogP contribution in [0, 0.1) is 0 Å². The second-order valence-electron chi connectivity index (χ2n) is 4.81. The van der Waals surface area contributed by atoms with Crippen molar-refractivity contribution in [3.63, 3.8) is 0 Å². The first kappa shape index (κ1) is 12.0. The molecule has 1 aliphatic rings. The van der Waals surface area contributed by atoms with Gasteiger partial charge in [0.1, 0.15) is 11.9 Å². The van der Waals surface area contributed by atoms with Crippen LogP contribution in [0.25, 0.3) is 0 Å². The first-order chi connectivity index (χ1) is 7.44. The van der Waals surface area contributed by atoms with Crippen molar-refractivity contribution in [1.29, 1.82) is 0 Å². The zero-order valence-corrected chi connectivity index (χ0v) is 10.9. The fourth-order valence-electron chi connectivity index (χ4n) is 1.98. The zero-order chi connectivity index (χ0) is 11.8. The Morgan fingerprint density at radius 1 is 1.25 bits per heavy atom. The van der Waals surface area contributed by atoms with Crippen molar-refractivity contribution in [2.75, 3.05) is 6.54 Å². The molecule has 1 fully saturated rings. The van der Waals surface area contributed by atoms with Crippen LogP contribution < -0.4 is 10.1 Å². The highest BCUT2D eigenvalue weighted by Crippen LogP contribution is 2.27. The van der Waals surface area contributed by atoms with E-state index in [9.17, 15) is 0 Å². The minimum absolute atomic E-state index is 0.146. The number of nitrogens with one attached hydrogen (secondary N) is 1. The molecule has 0 spiro atoms. The molecule has 2 rings (SSSR count). The van der Waals surface area contributed by atoms with E-state index in [4.69, 9.17) is 27.9 Å². The van der Waals surface area contributed by atoms with Crippen LogP contribution in [0.2, 0.25) is 10.0 Å². The van der Waals surface area contributed by atoms with E-state index in [1.807, 2.05) is 0 Å². The van der Waals surface area contributed by atoms with Gasteiger partial charge in [-0.2, -0.15) is 0 Å². The van der Waals surface area contributed by atoms with E-state index in [1.165, 1.54) is 0 Å². The minimum Gasteiger partial charge on any atom is -0.489 e. The van der Waals surface area contributed by atoms with Crippen molar-refractivity contribution in [2.24, 2.45) is 0 Å². The molecule has 0 aromatic heterocycles. The first-order valence-corrected chi connectivity index (χ1v) is 6.08. The summed E-state index contributed by atoms with van der Waals surface area (Å²) in [5, 5.41) is 4.61. The maximum absolute atomic E-state index is 5.91. The van der Waals surface area contributed by atoms with Crippen LogP contribution in [0.1, 0.15) is 20.3 Å². The predicted molar refractivity (Wildman–Crippen MR) is 67.6 cm³/mol. The first-order valence-electron chi connectivity index (χ1n) is 5.32. The predicted octanol–water partition coefficient (Wildman–Crippen LogP) is 3.51. The van der Waals surface area contributed by atoms with E-state index >= 15 is 0 Å². The van der Waals surface area contributed by atoms with Gasteiger partial charge in [-0.3, -0.25) is 0 Å². The van der Waals surface area contributed by atoms with Crippen LogP contribution in [0.5, 0.6) is 5.75 Å². The monoisotopic (exact) mass is 259 g/mol. The summed E-state index contributed by atoms with van der Waals surface area (Å²) >= 11 is 11.8. The van der Waals surface area contributed by atoms with E-state index < -0.39 is 0 Å². The van der Waals surface area contributed by atoms with Crippen molar-refractivity contribution >= 4 is 23.2 Å². The van der Waals surface area contributed by atoms with Crippen LogP contribution in [0.4, 0.5) is 0 Å².